The summed E-state index contributed by atoms with van der Waals surface area (Å²) in [5.74, 6) is 0. The van der Waals surface area contributed by atoms with E-state index in [1.807, 2.05) is 0 Å². The van der Waals surface area contributed by atoms with Crippen molar-refractivity contribution in [3.05, 3.63) is 217 Å². The van der Waals surface area contributed by atoms with Crippen LogP contribution in [0.3, 0.4) is 0 Å². The van der Waals surface area contributed by atoms with Gasteiger partial charge >= 0.3 is 0 Å². The summed E-state index contributed by atoms with van der Waals surface area (Å²) in [5.41, 5.74) is 14.5. The summed E-state index contributed by atoms with van der Waals surface area (Å²) < 4.78 is 0. The molecule has 9 aromatic carbocycles. The molecule has 0 saturated heterocycles. The Morgan fingerprint density at radius 2 is 0.873 bits per heavy atom. The smallest absolute Gasteiger partial charge is 0.0540 e. The monoisotopic (exact) mass is 704 g/mol. The van der Waals surface area contributed by atoms with Gasteiger partial charge in [0, 0.05) is 39.2 Å². The Balaban J connectivity index is 1.07. The summed E-state index contributed by atoms with van der Waals surface area (Å²) in [4.78, 5) is 4.77. The molecule has 0 saturated carbocycles. The van der Waals surface area contributed by atoms with Crippen molar-refractivity contribution in [2.75, 3.05) is 9.80 Å². The average molecular weight is 705 g/mol. The van der Waals surface area contributed by atoms with Gasteiger partial charge in [0.25, 0.3) is 0 Å². The molecule has 1 aliphatic rings. The second kappa shape index (κ2) is 13.2. The number of hydrogen-bond acceptors (Lipinski definition) is 2. The molecule has 0 spiro atoms. The Bertz CT molecular complexity index is 2840. The van der Waals surface area contributed by atoms with Gasteiger partial charge in [-0.25, -0.2) is 0 Å². The summed E-state index contributed by atoms with van der Waals surface area (Å²) in [7, 11) is 0. The molecule has 0 N–H and O–H groups in total. The molecular formula is C53H40N2. The van der Waals surface area contributed by atoms with E-state index in [1.165, 1.54) is 54.9 Å². The summed E-state index contributed by atoms with van der Waals surface area (Å²) in [6, 6.07) is 75.0. The van der Waals surface area contributed by atoms with Crippen LogP contribution in [0.5, 0.6) is 0 Å². The molecule has 55 heavy (non-hydrogen) atoms. The van der Waals surface area contributed by atoms with Gasteiger partial charge in [0.15, 0.2) is 0 Å². The van der Waals surface area contributed by atoms with Crippen LogP contribution in [-0.4, -0.2) is 0 Å². The Morgan fingerprint density at radius 3 is 1.65 bits per heavy atom. The number of hydrogen-bond donors (Lipinski definition) is 0. The molecule has 0 aliphatic heterocycles. The highest BCUT2D eigenvalue weighted by atomic mass is 15.1. The Labute approximate surface area is 323 Å². The number of fused-ring (bicyclic) bond motifs is 5. The van der Waals surface area contributed by atoms with Crippen molar-refractivity contribution >= 4 is 55.7 Å². The number of anilines is 6. The van der Waals surface area contributed by atoms with Crippen LogP contribution in [0.1, 0.15) is 25.0 Å². The van der Waals surface area contributed by atoms with E-state index in [0.29, 0.717) is 0 Å². The van der Waals surface area contributed by atoms with E-state index in [4.69, 9.17) is 0 Å². The maximum absolute atomic E-state index is 2.43. The summed E-state index contributed by atoms with van der Waals surface area (Å²) in [6.45, 7) is 4.70. The van der Waals surface area contributed by atoms with Crippen molar-refractivity contribution in [3.8, 4) is 22.3 Å². The lowest BCUT2D eigenvalue weighted by molar-refractivity contribution is 0.660. The van der Waals surface area contributed by atoms with E-state index in [0.717, 1.165) is 34.1 Å². The molecule has 0 aromatic heterocycles. The predicted octanol–water partition coefficient (Wildman–Crippen LogP) is 14.9. The van der Waals surface area contributed by atoms with Crippen LogP contribution in [0.2, 0.25) is 0 Å². The van der Waals surface area contributed by atoms with Crippen LogP contribution in [-0.2, 0) is 5.41 Å². The zero-order chi connectivity index (χ0) is 36.9. The van der Waals surface area contributed by atoms with E-state index in [9.17, 15) is 0 Å². The third-order valence-electron chi connectivity index (χ3n) is 11.4. The molecule has 0 unspecified atom stereocenters. The van der Waals surface area contributed by atoms with Gasteiger partial charge in [0.05, 0.1) is 5.69 Å². The second-order valence-electron chi connectivity index (χ2n) is 15.0. The zero-order valence-electron chi connectivity index (χ0n) is 31.0. The number of nitrogens with zero attached hydrogens (tertiary/aromatic N) is 2. The van der Waals surface area contributed by atoms with Gasteiger partial charge in [0.2, 0.25) is 0 Å². The molecule has 10 rings (SSSR count). The Hall–Kier alpha value is -6.90. The van der Waals surface area contributed by atoms with E-state index < -0.39 is 0 Å². The standard InChI is InChI=1S/C53H40N2/c1-53(2)50-25-12-11-21-47(50)48-34-33-44(36-51(48)53)55(41-19-7-4-8-20-41)52-26-14-23-46-45(22-13-24-49(46)52)38-28-30-42(31-29-38)54(40-17-5-3-6-18-40)43-32-27-37-15-9-10-16-39(37)35-43/h3-36H,1-2H3. The fourth-order valence-corrected chi connectivity index (χ4v) is 8.71. The molecule has 0 heterocycles. The quantitative estimate of drug-likeness (QED) is 0.163. The topological polar surface area (TPSA) is 6.48 Å². The van der Waals surface area contributed by atoms with Crippen LogP contribution >= 0.6 is 0 Å². The molecule has 2 heteroatoms. The first-order valence-electron chi connectivity index (χ1n) is 19.1. The normalized spacial score (nSPS) is 12.7. The predicted molar refractivity (Wildman–Crippen MR) is 234 cm³/mol. The van der Waals surface area contributed by atoms with Gasteiger partial charge in [0.1, 0.15) is 0 Å². The SMILES string of the molecule is CC1(C)c2ccccc2-c2ccc(N(c3ccccc3)c3cccc4c(-c5ccc(N(c6ccccc6)c6ccc7ccccc7c6)cc5)cccc34)cc21. The molecule has 0 bridgehead atoms. The van der Waals surface area contributed by atoms with Gasteiger partial charge in [-0.3, -0.25) is 0 Å². The summed E-state index contributed by atoms with van der Waals surface area (Å²) in [5, 5.41) is 4.89. The minimum Gasteiger partial charge on any atom is -0.310 e. The molecule has 0 atom stereocenters. The lowest BCUT2D eigenvalue weighted by Crippen LogP contribution is -2.16. The van der Waals surface area contributed by atoms with E-state index in [2.05, 4.69) is 230 Å². The van der Waals surface area contributed by atoms with Gasteiger partial charge in [-0.1, -0.05) is 153 Å². The minimum absolute atomic E-state index is 0.0905. The summed E-state index contributed by atoms with van der Waals surface area (Å²) in [6.07, 6.45) is 0. The maximum Gasteiger partial charge on any atom is 0.0540 e. The third-order valence-corrected chi connectivity index (χ3v) is 11.4. The van der Waals surface area contributed by atoms with E-state index >= 15 is 0 Å². The van der Waals surface area contributed by atoms with Crippen LogP contribution in [0.15, 0.2) is 206 Å². The first-order chi connectivity index (χ1) is 27.0. The van der Waals surface area contributed by atoms with Crippen LogP contribution in [0, 0.1) is 0 Å². The largest absolute Gasteiger partial charge is 0.310 e. The number of para-hydroxylation sites is 2. The third kappa shape index (κ3) is 5.57. The minimum atomic E-state index is -0.0905. The zero-order valence-corrected chi connectivity index (χ0v) is 31.0. The fourth-order valence-electron chi connectivity index (χ4n) is 8.71. The van der Waals surface area contributed by atoms with E-state index in [1.54, 1.807) is 0 Å². The first-order valence-corrected chi connectivity index (χ1v) is 19.1. The molecule has 2 nitrogen and oxygen atoms in total. The van der Waals surface area contributed by atoms with Gasteiger partial charge in [-0.05, 0) is 116 Å². The molecule has 9 aromatic rings. The molecular weight excluding hydrogens is 665 g/mol. The summed E-state index contributed by atoms with van der Waals surface area (Å²) >= 11 is 0. The van der Waals surface area contributed by atoms with Crippen molar-refractivity contribution in [3.63, 3.8) is 0 Å². The van der Waals surface area contributed by atoms with Crippen molar-refractivity contribution in [2.24, 2.45) is 0 Å². The maximum atomic E-state index is 2.43. The lowest BCUT2D eigenvalue weighted by Gasteiger charge is -2.29. The lowest BCUT2D eigenvalue weighted by atomic mass is 9.82. The molecule has 1 aliphatic carbocycles. The highest BCUT2D eigenvalue weighted by Gasteiger charge is 2.35. The second-order valence-corrected chi connectivity index (χ2v) is 15.0. The molecule has 262 valence electrons. The van der Waals surface area contributed by atoms with Gasteiger partial charge in [-0.2, -0.15) is 0 Å². The van der Waals surface area contributed by atoms with Crippen molar-refractivity contribution in [1.29, 1.82) is 0 Å². The van der Waals surface area contributed by atoms with Gasteiger partial charge < -0.3 is 9.80 Å². The van der Waals surface area contributed by atoms with Crippen LogP contribution in [0.25, 0.3) is 43.8 Å². The number of benzene rings is 9. The van der Waals surface area contributed by atoms with Gasteiger partial charge in [-0.15, -0.1) is 0 Å². The number of rotatable bonds is 7. The average Bonchev–Trinajstić information content (AvgIpc) is 3.47. The van der Waals surface area contributed by atoms with Crippen LogP contribution < -0.4 is 9.80 Å². The van der Waals surface area contributed by atoms with Crippen LogP contribution in [0.4, 0.5) is 34.1 Å². The van der Waals surface area contributed by atoms with E-state index in [-0.39, 0.29) is 5.41 Å². The molecule has 0 amide bonds. The molecule has 0 fully saturated rings. The Kier molecular flexibility index (Phi) is 7.85. The highest BCUT2D eigenvalue weighted by molar-refractivity contribution is 6.06. The Morgan fingerprint density at radius 1 is 0.327 bits per heavy atom. The highest BCUT2D eigenvalue weighted by Crippen LogP contribution is 2.51. The molecule has 0 radical (unpaired) electrons. The van der Waals surface area contributed by atoms with Crippen molar-refractivity contribution < 1.29 is 0 Å². The van der Waals surface area contributed by atoms with Crippen molar-refractivity contribution in [2.45, 2.75) is 19.3 Å². The fraction of sp³-hybridized carbons (Fsp3) is 0.0566. The van der Waals surface area contributed by atoms with Crippen molar-refractivity contribution in [1.82, 2.24) is 0 Å². The first kappa shape index (κ1) is 32.7.